The summed E-state index contributed by atoms with van der Waals surface area (Å²) in [7, 11) is -3.26. The standard InChI is InChI=1S/C22H26N4O2S2/c1-15-19-4-3-18(30(2,27)28)13-20(19)24-22(23-15)25-9-5-17(6-10-25)26-11-7-21-16(14-26)8-12-29-21/h3-4,8,12-13,17H,5-7,9-11,14H2,1-2H3. The van der Waals surface area contributed by atoms with Gasteiger partial charge in [-0.3, -0.25) is 4.90 Å². The smallest absolute Gasteiger partial charge is 0.226 e. The van der Waals surface area contributed by atoms with Crippen molar-refractivity contribution in [3.8, 4) is 0 Å². The number of hydrogen-bond acceptors (Lipinski definition) is 7. The fourth-order valence-corrected chi connectivity index (χ4v) is 6.17. The van der Waals surface area contributed by atoms with E-state index in [1.54, 1.807) is 17.0 Å². The van der Waals surface area contributed by atoms with Crippen LogP contribution in [0.5, 0.6) is 0 Å². The van der Waals surface area contributed by atoms with Gasteiger partial charge in [0.2, 0.25) is 5.95 Å². The zero-order chi connectivity index (χ0) is 20.9. The van der Waals surface area contributed by atoms with Gasteiger partial charge in [-0.05, 0) is 61.4 Å². The van der Waals surface area contributed by atoms with Crippen LogP contribution in [0, 0.1) is 6.92 Å². The van der Waals surface area contributed by atoms with Crippen molar-refractivity contribution in [1.29, 1.82) is 0 Å². The van der Waals surface area contributed by atoms with Gasteiger partial charge in [0.15, 0.2) is 9.84 Å². The Bertz CT molecular complexity index is 1200. The number of anilines is 1. The predicted molar refractivity (Wildman–Crippen MR) is 121 cm³/mol. The Morgan fingerprint density at radius 1 is 1.10 bits per heavy atom. The molecule has 0 radical (unpaired) electrons. The summed E-state index contributed by atoms with van der Waals surface area (Å²) in [6.07, 6.45) is 4.60. The van der Waals surface area contributed by atoms with Gasteiger partial charge in [0.25, 0.3) is 0 Å². The molecule has 5 rings (SSSR count). The minimum atomic E-state index is -3.26. The molecule has 6 nitrogen and oxygen atoms in total. The van der Waals surface area contributed by atoms with Crippen molar-refractivity contribution < 1.29 is 8.42 Å². The van der Waals surface area contributed by atoms with E-state index in [-0.39, 0.29) is 0 Å². The lowest BCUT2D eigenvalue weighted by molar-refractivity contribution is 0.154. The summed E-state index contributed by atoms with van der Waals surface area (Å²) in [6.45, 7) is 6.04. The van der Waals surface area contributed by atoms with E-state index in [1.807, 2.05) is 24.3 Å². The minimum absolute atomic E-state index is 0.302. The number of piperidine rings is 1. The summed E-state index contributed by atoms with van der Waals surface area (Å²) in [5.74, 6) is 0.711. The third-order valence-corrected chi connectivity index (χ3v) is 8.51. The molecule has 4 heterocycles. The van der Waals surface area contributed by atoms with Crippen LogP contribution in [0.2, 0.25) is 0 Å². The molecule has 0 unspecified atom stereocenters. The lowest BCUT2D eigenvalue weighted by Crippen LogP contribution is -2.46. The van der Waals surface area contributed by atoms with Crippen molar-refractivity contribution in [3.05, 3.63) is 45.8 Å². The Hall–Kier alpha value is -2.03. The molecule has 2 aliphatic heterocycles. The highest BCUT2D eigenvalue weighted by molar-refractivity contribution is 7.90. The normalized spacial score (nSPS) is 18.7. The second-order valence-corrected chi connectivity index (χ2v) is 11.4. The molecule has 0 spiro atoms. The van der Waals surface area contributed by atoms with E-state index in [0.717, 1.165) is 50.1 Å². The van der Waals surface area contributed by atoms with E-state index in [9.17, 15) is 8.42 Å². The fourth-order valence-electron chi connectivity index (χ4n) is 4.64. The van der Waals surface area contributed by atoms with Gasteiger partial charge in [0, 0.05) is 48.7 Å². The Kier molecular flexibility index (Phi) is 5.03. The fraction of sp³-hybridized carbons (Fsp3) is 0.455. The topological polar surface area (TPSA) is 66.4 Å². The number of benzene rings is 1. The van der Waals surface area contributed by atoms with Gasteiger partial charge >= 0.3 is 0 Å². The van der Waals surface area contributed by atoms with Crippen molar-refractivity contribution in [2.24, 2.45) is 0 Å². The first-order valence-electron chi connectivity index (χ1n) is 10.4. The molecule has 2 aromatic heterocycles. The van der Waals surface area contributed by atoms with E-state index in [1.165, 1.54) is 18.2 Å². The molecule has 2 aliphatic rings. The number of sulfone groups is 1. The van der Waals surface area contributed by atoms with Gasteiger partial charge in [-0.1, -0.05) is 0 Å². The van der Waals surface area contributed by atoms with Crippen molar-refractivity contribution >= 4 is 38.0 Å². The van der Waals surface area contributed by atoms with Crippen molar-refractivity contribution in [1.82, 2.24) is 14.9 Å². The van der Waals surface area contributed by atoms with E-state index in [0.29, 0.717) is 22.4 Å². The molecule has 0 N–H and O–H groups in total. The summed E-state index contributed by atoms with van der Waals surface area (Å²) in [5, 5.41) is 3.12. The molecule has 0 bridgehead atoms. The minimum Gasteiger partial charge on any atom is -0.341 e. The van der Waals surface area contributed by atoms with Crippen LogP contribution >= 0.6 is 11.3 Å². The first-order valence-corrected chi connectivity index (χ1v) is 13.2. The van der Waals surface area contributed by atoms with E-state index in [4.69, 9.17) is 9.97 Å². The Morgan fingerprint density at radius 3 is 2.67 bits per heavy atom. The van der Waals surface area contributed by atoms with Crippen LogP contribution in [-0.4, -0.2) is 55.2 Å². The van der Waals surface area contributed by atoms with Gasteiger partial charge in [-0.25, -0.2) is 18.4 Å². The van der Waals surface area contributed by atoms with Crippen LogP contribution in [-0.2, 0) is 22.8 Å². The molecule has 1 saturated heterocycles. The lowest BCUT2D eigenvalue weighted by Gasteiger charge is -2.40. The first-order chi connectivity index (χ1) is 14.4. The van der Waals surface area contributed by atoms with E-state index < -0.39 is 9.84 Å². The summed E-state index contributed by atoms with van der Waals surface area (Å²) in [4.78, 5) is 16.2. The number of aromatic nitrogens is 2. The monoisotopic (exact) mass is 442 g/mol. The van der Waals surface area contributed by atoms with Crippen LogP contribution in [0.4, 0.5) is 5.95 Å². The number of nitrogens with zero attached hydrogens (tertiary/aromatic N) is 4. The first kappa shape index (κ1) is 19.9. The van der Waals surface area contributed by atoms with Crippen LogP contribution in [0.25, 0.3) is 10.9 Å². The van der Waals surface area contributed by atoms with Gasteiger partial charge in [-0.2, -0.15) is 0 Å². The number of aryl methyl sites for hydroxylation is 1. The molecule has 0 amide bonds. The average molecular weight is 443 g/mol. The average Bonchev–Trinajstić information content (AvgIpc) is 3.20. The van der Waals surface area contributed by atoms with Gasteiger partial charge < -0.3 is 4.90 Å². The molecule has 158 valence electrons. The van der Waals surface area contributed by atoms with Crippen molar-refractivity contribution in [2.75, 3.05) is 30.8 Å². The summed E-state index contributed by atoms with van der Waals surface area (Å²) >= 11 is 1.89. The molecule has 0 saturated carbocycles. The maximum atomic E-state index is 11.9. The summed E-state index contributed by atoms with van der Waals surface area (Å²) in [5.41, 5.74) is 3.09. The van der Waals surface area contributed by atoms with Crippen LogP contribution in [0.1, 0.15) is 29.0 Å². The highest BCUT2D eigenvalue weighted by Crippen LogP contribution is 2.29. The zero-order valence-corrected chi connectivity index (χ0v) is 19.0. The predicted octanol–water partition coefficient (Wildman–Crippen LogP) is 3.43. The second-order valence-electron chi connectivity index (χ2n) is 8.37. The maximum Gasteiger partial charge on any atom is 0.226 e. The van der Waals surface area contributed by atoms with Gasteiger partial charge in [0.1, 0.15) is 0 Å². The molecule has 1 aromatic carbocycles. The zero-order valence-electron chi connectivity index (χ0n) is 17.3. The molecule has 8 heteroatoms. The van der Waals surface area contributed by atoms with Crippen LogP contribution < -0.4 is 4.90 Å². The van der Waals surface area contributed by atoms with Crippen molar-refractivity contribution in [3.63, 3.8) is 0 Å². The Morgan fingerprint density at radius 2 is 1.90 bits per heavy atom. The third kappa shape index (κ3) is 3.72. The second kappa shape index (κ2) is 7.59. The molecular weight excluding hydrogens is 416 g/mol. The van der Waals surface area contributed by atoms with Gasteiger partial charge in [0.05, 0.1) is 16.1 Å². The summed E-state index contributed by atoms with van der Waals surface area (Å²) in [6, 6.07) is 8.00. The third-order valence-electron chi connectivity index (χ3n) is 6.38. The van der Waals surface area contributed by atoms with Crippen molar-refractivity contribution in [2.45, 2.75) is 43.7 Å². The Labute approximate surface area is 181 Å². The highest BCUT2D eigenvalue weighted by atomic mass is 32.2. The molecule has 0 atom stereocenters. The number of hydrogen-bond donors (Lipinski definition) is 0. The maximum absolute atomic E-state index is 11.9. The lowest BCUT2D eigenvalue weighted by atomic mass is 10.00. The SMILES string of the molecule is Cc1nc(N2CCC(N3CCc4sccc4C3)CC2)nc2cc(S(C)(=O)=O)ccc12. The Balaban J connectivity index is 1.33. The molecule has 30 heavy (non-hydrogen) atoms. The number of rotatable bonds is 3. The van der Waals surface area contributed by atoms with Gasteiger partial charge in [-0.15, -0.1) is 11.3 Å². The van der Waals surface area contributed by atoms with Crippen LogP contribution in [0.3, 0.4) is 0 Å². The molecule has 0 aliphatic carbocycles. The number of fused-ring (bicyclic) bond motifs is 2. The molecule has 1 fully saturated rings. The van der Waals surface area contributed by atoms with Crippen LogP contribution in [0.15, 0.2) is 34.5 Å². The van der Waals surface area contributed by atoms with E-state index >= 15 is 0 Å². The molecular formula is C22H26N4O2S2. The molecule has 3 aromatic rings. The highest BCUT2D eigenvalue weighted by Gasteiger charge is 2.28. The largest absolute Gasteiger partial charge is 0.341 e. The van der Waals surface area contributed by atoms with E-state index in [2.05, 4.69) is 21.2 Å². The quantitative estimate of drug-likeness (QED) is 0.619. The number of thiophene rings is 1. The summed E-state index contributed by atoms with van der Waals surface area (Å²) < 4.78 is 23.9.